The molecule has 1 rings (SSSR count). The standard InChI is InChI=1S/C13H17NO4/c1-3-14(8-12(16)18-2)13(17)11-6-4-10(9-15)5-7-11/h4-7,15H,3,8-9H2,1-2H3. The molecule has 98 valence electrons. The van der Waals surface area contributed by atoms with Gasteiger partial charge in [-0.3, -0.25) is 9.59 Å². The van der Waals surface area contributed by atoms with Gasteiger partial charge in [-0.2, -0.15) is 0 Å². The van der Waals surface area contributed by atoms with E-state index >= 15 is 0 Å². The molecule has 0 bridgehead atoms. The van der Waals surface area contributed by atoms with E-state index in [1.54, 1.807) is 31.2 Å². The number of hydrogen-bond donors (Lipinski definition) is 1. The van der Waals surface area contributed by atoms with Gasteiger partial charge in [-0.15, -0.1) is 0 Å². The SMILES string of the molecule is CCN(CC(=O)OC)C(=O)c1ccc(CO)cc1. The van der Waals surface area contributed by atoms with Crippen molar-refractivity contribution in [2.24, 2.45) is 0 Å². The molecule has 0 fully saturated rings. The summed E-state index contributed by atoms with van der Waals surface area (Å²) >= 11 is 0. The van der Waals surface area contributed by atoms with Gasteiger partial charge in [-0.25, -0.2) is 0 Å². The number of aliphatic hydroxyl groups is 1. The fourth-order valence-corrected chi connectivity index (χ4v) is 1.48. The minimum Gasteiger partial charge on any atom is -0.468 e. The van der Waals surface area contributed by atoms with Crippen molar-refractivity contribution >= 4 is 11.9 Å². The number of rotatable bonds is 5. The van der Waals surface area contributed by atoms with Crippen molar-refractivity contribution in [2.75, 3.05) is 20.2 Å². The second-order valence-corrected chi connectivity index (χ2v) is 3.75. The van der Waals surface area contributed by atoms with Gasteiger partial charge in [0.25, 0.3) is 5.91 Å². The van der Waals surface area contributed by atoms with Crippen molar-refractivity contribution in [3.8, 4) is 0 Å². The van der Waals surface area contributed by atoms with E-state index in [0.717, 1.165) is 5.56 Å². The zero-order valence-electron chi connectivity index (χ0n) is 10.5. The van der Waals surface area contributed by atoms with Crippen LogP contribution in [0.3, 0.4) is 0 Å². The molecule has 0 aliphatic heterocycles. The monoisotopic (exact) mass is 251 g/mol. The molecule has 18 heavy (non-hydrogen) atoms. The predicted octanol–water partition coefficient (Wildman–Crippen LogP) is 0.814. The molecular weight excluding hydrogens is 234 g/mol. The van der Waals surface area contributed by atoms with Crippen LogP contribution >= 0.6 is 0 Å². The second kappa shape index (κ2) is 6.76. The van der Waals surface area contributed by atoms with E-state index in [0.29, 0.717) is 12.1 Å². The Hall–Kier alpha value is -1.88. The average Bonchev–Trinajstić information content (AvgIpc) is 2.43. The van der Waals surface area contributed by atoms with Crippen molar-refractivity contribution in [3.05, 3.63) is 35.4 Å². The number of methoxy groups -OCH3 is 1. The number of hydrogen-bond acceptors (Lipinski definition) is 4. The van der Waals surface area contributed by atoms with Gasteiger partial charge in [0, 0.05) is 12.1 Å². The molecule has 1 aromatic carbocycles. The molecule has 0 radical (unpaired) electrons. The molecule has 0 unspecified atom stereocenters. The van der Waals surface area contributed by atoms with E-state index in [9.17, 15) is 9.59 Å². The van der Waals surface area contributed by atoms with Crippen LogP contribution in [0.15, 0.2) is 24.3 Å². The topological polar surface area (TPSA) is 66.8 Å². The van der Waals surface area contributed by atoms with Crippen LogP contribution in [0.4, 0.5) is 0 Å². The third-order valence-electron chi connectivity index (χ3n) is 2.60. The molecule has 0 saturated carbocycles. The fourth-order valence-electron chi connectivity index (χ4n) is 1.48. The first-order valence-corrected chi connectivity index (χ1v) is 5.68. The lowest BCUT2D eigenvalue weighted by molar-refractivity contribution is -0.141. The molecule has 0 aliphatic rings. The number of nitrogens with zero attached hydrogens (tertiary/aromatic N) is 1. The molecular formula is C13H17NO4. The first-order valence-electron chi connectivity index (χ1n) is 5.68. The smallest absolute Gasteiger partial charge is 0.325 e. The number of benzene rings is 1. The summed E-state index contributed by atoms with van der Waals surface area (Å²) in [5.74, 6) is -0.676. The molecule has 0 aromatic heterocycles. The lowest BCUT2D eigenvalue weighted by atomic mass is 10.1. The van der Waals surface area contributed by atoms with Crippen LogP contribution in [0.2, 0.25) is 0 Å². The van der Waals surface area contributed by atoms with Crippen LogP contribution in [0.25, 0.3) is 0 Å². The van der Waals surface area contributed by atoms with Gasteiger partial charge < -0.3 is 14.7 Å². The zero-order valence-corrected chi connectivity index (χ0v) is 10.5. The maximum Gasteiger partial charge on any atom is 0.325 e. The fraction of sp³-hybridized carbons (Fsp3) is 0.385. The van der Waals surface area contributed by atoms with Crippen molar-refractivity contribution < 1.29 is 19.4 Å². The van der Waals surface area contributed by atoms with Gasteiger partial charge >= 0.3 is 5.97 Å². The number of aliphatic hydroxyl groups excluding tert-OH is 1. The highest BCUT2D eigenvalue weighted by Crippen LogP contribution is 2.08. The van der Waals surface area contributed by atoms with Gasteiger partial charge in [-0.1, -0.05) is 12.1 Å². The minimum atomic E-state index is -0.447. The molecule has 0 atom stereocenters. The van der Waals surface area contributed by atoms with Gasteiger partial charge in [0.05, 0.1) is 13.7 Å². The molecule has 5 nitrogen and oxygen atoms in total. The van der Waals surface area contributed by atoms with Crippen LogP contribution in [-0.4, -0.2) is 42.1 Å². The second-order valence-electron chi connectivity index (χ2n) is 3.75. The van der Waals surface area contributed by atoms with Crippen LogP contribution in [0.1, 0.15) is 22.8 Å². The molecule has 0 spiro atoms. The van der Waals surface area contributed by atoms with E-state index < -0.39 is 5.97 Å². The number of esters is 1. The highest BCUT2D eigenvalue weighted by Gasteiger charge is 2.17. The first kappa shape index (κ1) is 14.2. The summed E-state index contributed by atoms with van der Waals surface area (Å²) in [4.78, 5) is 24.7. The Bertz CT molecular complexity index is 414. The number of carbonyl (C=O) groups excluding carboxylic acids is 2. The lowest BCUT2D eigenvalue weighted by Crippen LogP contribution is -2.36. The maximum atomic E-state index is 12.1. The van der Waals surface area contributed by atoms with Crippen molar-refractivity contribution in [1.29, 1.82) is 0 Å². The van der Waals surface area contributed by atoms with Crippen molar-refractivity contribution in [2.45, 2.75) is 13.5 Å². The number of carbonyl (C=O) groups is 2. The highest BCUT2D eigenvalue weighted by molar-refractivity contribution is 5.96. The Morgan fingerprint density at radius 3 is 2.33 bits per heavy atom. The predicted molar refractivity (Wildman–Crippen MR) is 66.0 cm³/mol. The Morgan fingerprint density at radius 2 is 1.89 bits per heavy atom. The molecule has 1 aromatic rings. The van der Waals surface area contributed by atoms with E-state index in [-0.39, 0.29) is 19.1 Å². The summed E-state index contributed by atoms with van der Waals surface area (Å²) in [6.07, 6.45) is 0. The summed E-state index contributed by atoms with van der Waals surface area (Å²) in [6, 6.07) is 6.63. The Morgan fingerprint density at radius 1 is 1.28 bits per heavy atom. The Balaban J connectivity index is 2.79. The molecule has 0 heterocycles. The molecule has 0 saturated heterocycles. The van der Waals surface area contributed by atoms with Crippen molar-refractivity contribution in [3.63, 3.8) is 0 Å². The summed E-state index contributed by atoms with van der Waals surface area (Å²) < 4.78 is 4.54. The number of ether oxygens (including phenoxy) is 1. The van der Waals surface area contributed by atoms with Gasteiger partial charge in [0.2, 0.25) is 0 Å². The summed E-state index contributed by atoms with van der Waals surface area (Å²) in [6.45, 7) is 2.10. The molecule has 5 heteroatoms. The Kier molecular flexibility index (Phi) is 5.32. The largest absolute Gasteiger partial charge is 0.468 e. The van der Waals surface area contributed by atoms with Crippen LogP contribution < -0.4 is 0 Å². The maximum absolute atomic E-state index is 12.1. The van der Waals surface area contributed by atoms with Crippen LogP contribution in [0, 0.1) is 0 Å². The van der Waals surface area contributed by atoms with E-state index in [2.05, 4.69) is 4.74 Å². The van der Waals surface area contributed by atoms with E-state index in [1.165, 1.54) is 12.0 Å². The van der Waals surface area contributed by atoms with Gasteiger partial charge in [-0.05, 0) is 24.6 Å². The van der Waals surface area contributed by atoms with Crippen LogP contribution in [0.5, 0.6) is 0 Å². The molecule has 0 aliphatic carbocycles. The normalized spacial score (nSPS) is 9.94. The van der Waals surface area contributed by atoms with Crippen molar-refractivity contribution in [1.82, 2.24) is 4.90 Å². The molecule has 1 N–H and O–H groups in total. The van der Waals surface area contributed by atoms with Crippen LogP contribution in [-0.2, 0) is 16.1 Å². The first-order chi connectivity index (χ1) is 8.62. The zero-order chi connectivity index (χ0) is 13.5. The number of amides is 1. The number of likely N-dealkylation sites (N-methyl/N-ethyl adjacent to an activating group) is 1. The summed E-state index contributed by atoms with van der Waals surface area (Å²) in [5, 5.41) is 8.92. The van der Waals surface area contributed by atoms with E-state index in [1.807, 2.05) is 0 Å². The third-order valence-corrected chi connectivity index (χ3v) is 2.60. The summed E-state index contributed by atoms with van der Waals surface area (Å²) in [7, 11) is 1.29. The quantitative estimate of drug-likeness (QED) is 0.786. The lowest BCUT2D eigenvalue weighted by Gasteiger charge is -2.19. The summed E-state index contributed by atoms with van der Waals surface area (Å²) in [5.41, 5.74) is 1.22. The van der Waals surface area contributed by atoms with Gasteiger partial charge in [0.15, 0.2) is 0 Å². The molecule has 1 amide bonds. The Labute approximate surface area is 106 Å². The minimum absolute atomic E-state index is 0.0614. The van der Waals surface area contributed by atoms with Gasteiger partial charge in [0.1, 0.15) is 6.54 Å². The average molecular weight is 251 g/mol. The third kappa shape index (κ3) is 3.56. The van der Waals surface area contributed by atoms with E-state index in [4.69, 9.17) is 5.11 Å². The highest BCUT2D eigenvalue weighted by atomic mass is 16.5.